The van der Waals surface area contributed by atoms with Gasteiger partial charge < -0.3 is 0 Å². The van der Waals surface area contributed by atoms with Crippen LogP contribution in [0.2, 0.25) is 0 Å². The van der Waals surface area contributed by atoms with E-state index in [4.69, 9.17) is 0 Å². The Morgan fingerprint density at radius 1 is 0.375 bits per heavy atom. The zero-order chi connectivity index (χ0) is 34.5. The first kappa shape index (κ1) is 33.2. The lowest BCUT2D eigenvalue weighted by Gasteiger charge is -2.19. The first-order valence-corrected chi connectivity index (χ1v) is 15.1. The first-order chi connectivity index (χ1) is 22.6. The van der Waals surface area contributed by atoms with E-state index >= 15 is 0 Å². The molecule has 0 radical (unpaired) electrons. The molecular formula is C32H16F10N4S2. The summed E-state index contributed by atoms with van der Waals surface area (Å²) in [5, 5.41) is -0.161. The minimum absolute atomic E-state index is 0.0329. The molecule has 16 heteroatoms. The maximum atomic E-state index is 14.5. The Bertz CT molecular complexity index is 1890. The van der Waals surface area contributed by atoms with Crippen molar-refractivity contribution in [3.8, 4) is 54.8 Å². The highest BCUT2D eigenvalue weighted by molar-refractivity contribution is 7.16. The summed E-state index contributed by atoms with van der Waals surface area (Å²) in [6.45, 7) is 0. The highest BCUT2D eigenvalue weighted by Gasteiger charge is 2.62. The zero-order valence-corrected chi connectivity index (χ0v) is 25.3. The number of rotatable bonds is 7. The Morgan fingerprint density at radius 2 is 0.667 bits per heavy atom. The van der Waals surface area contributed by atoms with Crippen molar-refractivity contribution in [2.24, 2.45) is 0 Å². The molecule has 0 spiro atoms. The molecule has 0 aliphatic carbocycles. The van der Waals surface area contributed by atoms with Gasteiger partial charge in [0.05, 0.1) is 11.4 Å². The summed E-state index contributed by atoms with van der Waals surface area (Å²) in [4.78, 5) is 13.2. The van der Waals surface area contributed by atoms with E-state index in [9.17, 15) is 43.9 Å². The third-order valence-corrected chi connectivity index (χ3v) is 9.39. The predicted octanol–water partition coefficient (Wildman–Crippen LogP) is 11.0. The summed E-state index contributed by atoms with van der Waals surface area (Å²) in [5.41, 5.74) is 0.718. The van der Waals surface area contributed by atoms with Crippen molar-refractivity contribution in [3.05, 3.63) is 107 Å². The van der Waals surface area contributed by atoms with Gasteiger partial charge in [0.25, 0.3) is 0 Å². The van der Waals surface area contributed by atoms with E-state index in [-0.39, 0.29) is 54.9 Å². The standard InChI is InChI=1S/C32H16F10N4S2/c33-29(34,31(37,38)39)25-23(19-9-13-43-14-10-19)45-27(47-25)21-5-1-17(2-6-21)18-3-7-22(8-4-18)28-46-24(20-11-15-44-16-12-20)26(48-28)30(35,36)32(40,41)42/h1-16H. The molecule has 0 aliphatic heterocycles. The molecule has 4 aromatic heterocycles. The average Bonchev–Trinajstić information content (AvgIpc) is 3.72. The van der Waals surface area contributed by atoms with Crippen molar-refractivity contribution >= 4 is 22.7 Å². The number of halogens is 10. The molecule has 4 nitrogen and oxygen atoms in total. The minimum atomic E-state index is -5.85. The molecule has 0 aliphatic rings. The highest BCUT2D eigenvalue weighted by atomic mass is 32.1. The van der Waals surface area contributed by atoms with Gasteiger partial charge in [-0.2, -0.15) is 43.9 Å². The highest BCUT2D eigenvalue weighted by Crippen LogP contribution is 2.52. The summed E-state index contributed by atoms with van der Waals surface area (Å²) in [7, 11) is 0. The van der Waals surface area contributed by atoms with Crippen LogP contribution in [-0.2, 0) is 11.8 Å². The molecule has 0 saturated heterocycles. The second-order valence-electron chi connectivity index (χ2n) is 10.2. The number of hydrogen-bond donors (Lipinski definition) is 0. The molecular weight excluding hydrogens is 694 g/mol. The monoisotopic (exact) mass is 710 g/mol. The molecule has 2 aromatic carbocycles. The van der Waals surface area contributed by atoms with Gasteiger partial charge in [0.1, 0.15) is 19.8 Å². The molecule has 0 atom stereocenters. The Balaban J connectivity index is 1.31. The van der Waals surface area contributed by atoms with Crippen LogP contribution >= 0.6 is 22.7 Å². The zero-order valence-electron chi connectivity index (χ0n) is 23.6. The van der Waals surface area contributed by atoms with Crippen LogP contribution in [0.3, 0.4) is 0 Å². The van der Waals surface area contributed by atoms with E-state index in [2.05, 4.69) is 19.9 Å². The van der Waals surface area contributed by atoms with Gasteiger partial charge in [0, 0.05) is 47.0 Å². The van der Waals surface area contributed by atoms with Crippen molar-refractivity contribution < 1.29 is 43.9 Å². The summed E-state index contributed by atoms with van der Waals surface area (Å²) >= 11 is 0.425. The minimum Gasteiger partial charge on any atom is -0.265 e. The molecule has 48 heavy (non-hydrogen) atoms. The number of nitrogens with zero attached hydrogens (tertiary/aromatic N) is 4. The summed E-state index contributed by atoms with van der Waals surface area (Å²) in [6, 6.07) is 17.3. The summed E-state index contributed by atoms with van der Waals surface area (Å²) in [6.07, 6.45) is -6.72. The van der Waals surface area contributed by atoms with Gasteiger partial charge in [-0.3, -0.25) is 9.97 Å². The Morgan fingerprint density at radius 3 is 0.958 bits per heavy atom. The van der Waals surface area contributed by atoms with Crippen LogP contribution in [0.5, 0.6) is 0 Å². The van der Waals surface area contributed by atoms with Crippen molar-refractivity contribution in [1.29, 1.82) is 0 Å². The van der Waals surface area contributed by atoms with Crippen LogP contribution in [0.25, 0.3) is 54.8 Å². The maximum absolute atomic E-state index is 14.5. The van der Waals surface area contributed by atoms with Crippen LogP contribution < -0.4 is 0 Å². The first-order valence-electron chi connectivity index (χ1n) is 13.5. The van der Waals surface area contributed by atoms with E-state index in [0.717, 1.165) is 0 Å². The fraction of sp³-hybridized carbons (Fsp3) is 0.125. The van der Waals surface area contributed by atoms with Gasteiger partial charge in [-0.15, -0.1) is 22.7 Å². The van der Waals surface area contributed by atoms with Gasteiger partial charge >= 0.3 is 24.2 Å². The predicted molar refractivity (Wildman–Crippen MR) is 160 cm³/mol. The quantitative estimate of drug-likeness (QED) is 0.155. The smallest absolute Gasteiger partial charge is 0.265 e. The Kier molecular flexibility index (Phi) is 8.35. The largest absolute Gasteiger partial charge is 0.459 e. The lowest BCUT2D eigenvalue weighted by Crippen LogP contribution is -2.33. The van der Waals surface area contributed by atoms with E-state index in [1.165, 1.54) is 73.3 Å². The SMILES string of the molecule is FC(F)(F)C(F)(F)c1sc(-c2ccc(-c3ccc(-c4nc(-c5ccncc5)c(C(F)(F)C(F)(F)F)s4)cc3)cc2)nc1-c1ccncc1. The van der Waals surface area contributed by atoms with Gasteiger partial charge in [-0.1, -0.05) is 48.5 Å². The normalized spacial score (nSPS) is 12.8. The van der Waals surface area contributed by atoms with Gasteiger partial charge in [0.2, 0.25) is 0 Å². The summed E-state index contributed by atoms with van der Waals surface area (Å²) < 4.78 is 138. The molecule has 0 N–H and O–H groups in total. The van der Waals surface area contributed by atoms with Gasteiger partial charge in [-0.05, 0) is 35.4 Å². The molecule has 6 aromatic rings. The second-order valence-corrected chi connectivity index (χ2v) is 12.2. The van der Waals surface area contributed by atoms with E-state index < -0.39 is 45.3 Å². The molecule has 0 saturated carbocycles. The number of benzene rings is 2. The van der Waals surface area contributed by atoms with Crippen molar-refractivity contribution in [3.63, 3.8) is 0 Å². The number of pyridine rings is 2. The van der Waals surface area contributed by atoms with Crippen molar-refractivity contribution in [2.45, 2.75) is 24.2 Å². The lowest BCUT2D eigenvalue weighted by atomic mass is 10.0. The molecule has 0 fully saturated rings. The third-order valence-electron chi connectivity index (χ3n) is 7.04. The number of alkyl halides is 10. The van der Waals surface area contributed by atoms with Crippen LogP contribution in [0, 0.1) is 0 Å². The van der Waals surface area contributed by atoms with Crippen molar-refractivity contribution in [2.75, 3.05) is 0 Å². The van der Waals surface area contributed by atoms with Gasteiger partial charge in [-0.25, -0.2) is 9.97 Å². The fourth-order valence-electron chi connectivity index (χ4n) is 4.59. The second kappa shape index (κ2) is 12.1. The number of thiazole rings is 2. The Labute approximate surface area is 272 Å². The Hall–Kier alpha value is -4.70. The fourth-order valence-corrected chi connectivity index (χ4v) is 6.77. The lowest BCUT2D eigenvalue weighted by molar-refractivity contribution is -0.287. The third kappa shape index (κ3) is 6.05. The molecule has 4 heterocycles. The molecule has 0 amide bonds. The molecule has 0 bridgehead atoms. The van der Waals surface area contributed by atoms with Crippen LogP contribution in [0.4, 0.5) is 43.9 Å². The van der Waals surface area contributed by atoms with Crippen LogP contribution in [-0.4, -0.2) is 32.3 Å². The topological polar surface area (TPSA) is 51.6 Å². The van der Waals surface area contributed by atoms with Crippen LogP contribution in [0.15, 0.2) is 97.6 Å². The van der Waals surface area contributed by atoms with Crippen LogP contribution in [0.1, 0.15) is 9.75 Å². The molecule has 6 rings (SSSR count). The molecule has 246 valence electrons. The van der Waals surface area contributed by atoms with Gasteiger partial charge in [0.15, 0.2) is 0 Å². The van der Waals surface area contributed by atoms with Crippen molar-refractivity contribution in [1.82, 2.24) is 19.9 Å². The van der Waals surface area contributed by atoms with E-state index in [1.807, 2.05) is 0 Å². The van der Waals surface area contributed by atoms with E-state index in [1.54, 1.807) is 24.3 Å². The molecule has 0 unspecified atom stereocenters. The number of hydrogen-bond acceptors (Lipinski definition) is 6. The summed E-state index contributed by atoms with van der Waals surface area (Å²) in [5.74, 6) is -10.3. The number of aromatic nitrogens is 4. The maximum Gasteiger partial charge on any atom is 0.459 e. The van der Waals surface area contributed by atoms with E-state index in [0.29, 0.717) is 11.1 Å². The average molecular weight is 711 g/mol.